The highest BCUT2D eigenvalue weighted by molar-refractivity contribution is 5.91. The van der Waals surface area contributed by atoms with Crippen LogP contribution in [0.2, 0.25) is 0 Å². The summed E-state index contributed by atoms with van der Waals surface area (Å²) in [6.45, 7) is 8.16. The molecule has 0 unspecified atom stereocenters. The summed E-state index contributed by atoms with van der Waals surface area (Å²) in [6.07, 6.45) is 3.00. The van der Waals surface area contributed by atoms with Gasteiger partial charge in [-0.3, -0.25) is 0 Å². The van der Waals surface area contributed by atoms with E-state index >= 15 is 0 Å². The fourth-order valence-corrected chi connectivity index (χ4v) is 4.80. The van der Waals surface area contributed by atoms with Crippen LogP contribution in [-0.2, 0) is 9.47 Å². The van der Waals surface area contributed by atoms with Crippen LogP contribution < -0.4 is 14.2 Å². The lowest BCUT2D eigenvalue weighted by molar-refractivity contribution is -0.0419. The van der Waals surface area contributed by atoms with Crippen LogP contribution in [-0.4, -0.2) is 56.3 Å². The standard InChI is InChI=1S/C25H36O7/c1-14(2)20-17(11-15(3)9-8-10-25(4)23(32-25)21(20)26)31-24(27)16-12-18(28-5)22(30-7)19(13-16)29-6/h9,12-14,17,20-21,23,26H,8,10-11H2,1-7H3/t17-,20+,21-,23+,25+/m0/s1. The summed E-state index contributed by atoms with van der Waals surface area (Å²) in [4.78, 5) is 13.2. The summed E-state index contributed by atoms with van der Waals surface area (Å²) in [5.74, 6) is 0.477. The van der Waals surface area contributed by atoms with E-state index in [1.807, 2.05) is 27.7 Å². The molecular formula is C25H36O7. The van der Waals surface area contributed by atoms with Gasteiger partial charge < -0.3 is 28.8 Å². The summed E-state index contributed by atoms with van der Waals surface area (Å²) < 4.78 is 28.1. The van der Waals surface area contributed by atoms with Crippen LogP contribution in [0.4, 0.5) is 0 Å². The van der Waals surface area contributed by atoms with E-state index in [-0.39, 0.29) is 23.5 Å². The molecule has 1 aliphatic carbocycles. The molecule has 0 amide bonds. The lowest BCUT2D eigenvalue weighted by Gasteiger charge is -2.34. The number of aliphatic hydroxyl groups is 1. The van der Waals surface area contributed by atoms with E-state index in [9.17, 15) is 9.90 Å². The van der Waals surface area contributed by atoms with Crippen LogP contribution in [0, 0.1) is 11.8 Å². The van der Waals surface area contributed by atoms with Gasteiger partial charge >= 0.3 is 5.97 Å². The van der Waals surface area contributed by atoms with Crippen LogP contribution in [0.25, 0.3) is 0 Å². The van der Waals surface area contributed by atoms with Crippen LogP contribution in [0.5, 0.6) is 17.2 Å². The average molecular weight is 449 g/mol. The molecule has 3 rings (SSSR count). The molecule has 178 valence electrons. The number of carbonyl (C=O) groups is 1. The fraction of sp³-hybridized carbons (Fsp3) is 0.640. The van der Waals surface area contributed by atoms with Crippen LogP contribution >= 0.6 is 0 Å². The van der Waals surface area contributed by atoms with Crippen molar-refractivity contribution in [3.05, 3.63) is 29.3 Å². The van der Waals surface area contributed by atoms with E-state index < -0.39 is 18.2 Å². The summed E-state index contributed by atoms with van der Waals surface area (Å²) in [6, 6.07) is 3.16. The van der Waals surface area contributed by atoms with E-state index in [0.717, 1.165) is 18.4 Å². The molecule has 0 saturated carbocycles. The van der Waals surface area contributed by atoms with E-state index in [2.05, 4.69) is 6.08 Å². The van der Waals surface area contributed by atoms with Gasteiger partial charge in [-0.15, -0.1) is 0 Å². The molecule has 0 bridgehead atoms. The van der Waals surface area contributed by atoms with Gasteiger partial charge in [-0.1, -0.05) is 25.5 Å². The highest BCUT2D eigenvalue weighted by Gasteiger charge is 2.58. The Labute approximate surface area is 190 Å². The zero-order chi connectivity index (χ0) is 23.6. The second kappa shape index (κ2) is 9.71. The van der Waals surface area contributed by atoms with Gasteiger partial charge in [0.2, 0.25) is 5.75 Å². The lowest BCUT2D eigenvalue weighted by Crippen LogP contribution is -2.43. The second-order valence-electron chi connectivity index (χ2n) is 9.31. The van der Waals surface area contributed by atoms with E-state index in [1.54, 1.807) is 12.1 Å². The van der Waals surface area contributed by atoms with Crippen molar-refractivity contribution in [3.63, 3.8) is 0 Å². The number of allylic oxidation sites excluding steroid dienone is 1. The zero-order valence-corrected chi connectivity index (χ0v) is 20.1. The average Bonchev–Trinajstić information content (AvgIpc) is 3.43. The monoisotopic (exact) mass is 448 g/mol. The van der Waals surface area contributed by atoms with Gasteiger partial charge in [-0.25, -0.2) is 4.79 Å². The highest BCUT2D eigenvalue weighted by atomic mass is 16.6. The molecule has 1 N–H and O–H groups in total. The topological polar surface area (TPSA) is 86.8 Å². The maximum Gasteiger partial charge on any atom is 0.338 e. The molecule has 0 radical (unpaired) electrons. The summed E-state index contributed by atoms with van der Waals surface area (Å²) in [5, 5.41) is 11.2. The number of esters is 1. The minimum absolute atomic E-state index is 0.0865. The highest BCUT2D eigenvalue weighted by Crippen LogP contribution is 2.47. The van der Waals surface area contributed by atoms with Crippen molar-refractivity contribution in [2.45, 2.75) is 70.9 Å². The van der Waals surface area contributed by atoms with Crippen molar-refractivity contribution in [1.29, 1.82) is 0 Å². The molecule has 0 spiro atoms. The Bertz CT molecular complexity index is 837. The first kappa shape index (κ1) is 24.4. The molecule has 32 heavy (non-hydrogen) atoms. The SMILES string of the molecule is COc1cc(C(=O)O[C@H]2CC(C)=CCC[C@@]3(C)O[C@@H]3[C@@H](O)[C@@H]2C(C)C)cc(OC)c1OC. The molecule has 7 nitrogen and oxygen atoms in total. The first-order valence-electron chi connectivity index (χ1n) is 11.2. The van der Waals surface area contributed by atoms with Crippen molar-refractivity contribution in [2.24, 2.45) is 11.8 Å². The molecule has 7 heteroatoms. The predicted octanol–water partition coefficient (Wildman–Crippen LogP) is 4.16. The van der Waals surface area contributed by atoms with Gasteiger partial charge in [0.05, 0.1) is 38.6 Å². The Hall–Kier alpha value is -2.25. The Morgan fingerprint density at radius 1 is 1.16 bits per heavy atom. The van der Waals surface area contributed by atoms with Crippen LogP contribution in [0.1, 0.15) is 57.3 Å². The summed E-state index contributed by atoms with van der Waals surface area (Å²) in [5.41, 5.74) is 1.10. The minimum atomic E-state index is -0.719. The van der Waals surface area contributed by atoms with Crippen LogP contribution in [0.15, 0.2) is 23.8 Å². The quantitative estimate of drug-likeness (QED) is 0.397. The molecule has 1 saturated heterocycles. The molecule has 1 aliphatic heterocycles. The second-order valence-corrected chi connectivity index (χ2v) is 9.31. The van der Waals surface area contributed by atoms with Crippen molar-refractivity contribution in [3.8, 4) is 17.2 Å². The Morgan fingerprint density at radius 3 is 2.31 bits per heavy atom. The molecule has 1 aromatic carbocycles. The number of benzene rings is 1. The molecular weight excluding hydrogens is 412 g/mol. The van der Waals surface area contributed by atoms with Gasteiger partial charge in [-0.2, -0.15) is 0 Å². The van der Waals surface area contributed by atoms with Gasteiger partial charge in [0.25, 0.3) is 0 Å². The Kier molecular flexibility index (Phi) is 7.40. The van der Waals surface area contributed by atoms with Gasteiger partial charge in [0.15, 0.2) is 11.5 Å². The number of hydrogen-bond donors (Lipinski definition) is 1. The number of epoxide rings is 1. The molecule has 1 aromatic rings. The van der Waals surface area contributed by atoms with Crippen molar-refractivity contribution < 1.29 is 33.6 Å². The number of carbonyl (C=O) groups excluding carboxylic acids is 1. The van der Waals surface area contributed by atoms with Crippen molar-refractivity contribution >= 4 is 5.97 Å². The number of methoxy groups -OCH3 is 3. The third kappa shape index (κ3) is 4.89. The molecule has 2 aliphatic rings. The number of aliphatic hydroxyl groups excluding tert-OH is 1. The Morgan fingerprint density at radius 2 is 1.78 bits per heavy atom. The zero-order valence-electron chi connectivity index (χ0n) is 20.1. The largest absolute Gasteiger partial charge is 0.493 e. The maximum absolute atomic E-state index is 13.2. The number of rotatable bonds is 6. The summed E-state index contributed by atoms with van der Waals surface area (Å²) in [7, 11) is 4.51. The van der Waals surface area contributed by atoms with Gasteiger partial charge in [0.1, 0.15) is 12.2 Å². The van der Waals surface area contributed by atoms with E-state index in [0.29, 0.717) is 29.2 Å². The first-order valence-corrected chi connectivity index (χ1v) is 11.2. The smallest absolute Gasteiger partial charge is 0.338 e. The molecule has 5 atom stereocenters. The minimum Gasteiger partial charge on any atom is -0.493 e. The molecule has 0 aromatic heterocycles. The Balaban J connectivity index is 1.93. The molecule has 1 fully saturated rings. The lowest BCUT2D eigenvalue weighted by atomic mass is 9.78. The first-order chi connectivity index (χ1) is 15.1. The molecule has 1 heterocycles. The predicted molar refractivity (Wildman–Crippen MR) is 121 cm³/mol. The van der Waals surface area contributed by atoms with E-state index in [1.165, 1.54) is 21.3 Å². The summed E-state index contributed by atoms with van der Waals surface area (Å²) >= 11 is 0. The maximum atomic E-state index is 13.2. The number of fused-ring (bicyclic) bond motifs is 1. The number of ether oxygens (including phenoxy) is 5. The fourth-order valence-electron chi connectivity index (χ4n) is 4.80. The van der Waals surface area contributed by atoms with Gasteiger partial charge in [-0.05, 0) is 44.7 Å². The van der Waals surface area contributed by atoms with Crippen molar-refractivity contribution in [1.82, 2.24) is 0 Å². The van der Waals surface area contributed by atoms with Crippen molar-refractivity contribution in [2.75, 3.05) is 21.3 Å². The van der Waals surface area contributed by atoms with E-state index in [4.69, 9.17) is 23.7 Å². The third-order valence-corrected chi connectivity index (χ3v) is 6.66. The van der Waals surface area contributed by atoms with Gasteiger partial charge in [0, 0.05) is 12.3 Å². The third-order valence-electron chi connectivity index (χ3n) is 6.66. The normalized spacial score (nSPS) is 30.1. The van der Waals surface area contributed by atoms with Crippen LogP contribution in [0.3, 0.4) is 0 Å². The number of hydrogen-bond acceptors (Lipinski definition) is 7.